The fourth-order valence-corrected chi connectivity index (χ4v) is 4.12. The zero-order valence-electron chi connectivity index (χ0n) is 20.9. The number of carbonyl (C=O) groups is 2. The second kappa shape index (κ2) is 11.2. The number of methoxy groups -OCH3 is 1. The smallest absolute Gasteiger partial charge is 0.309 e. The van der Waals surface area contributed by atoms with Crippen molar-refractivity contribution in [2.45, 2.75) is 46.1 Å². The Labute approximate surface area is 209 Å². The topological polar surface area (TPSA) is 99.8 Å². The van der Waals surface area contributed by atoms with Crippen LogP contribution in [0, 0.1) is 30.8 Å². The Hall–Kier alpha value is -3.94. The molecule has 3 atom stereocenters. The van der Waals surface area contributed by atoms with Crippen molar-refractivity contribution in [3.63, 3.8) is 0 Å². The summed E-state index contributed by atoms with van der Waals surface area (Å²) in [6.07, 6.45) is -0.0912. The number of ether oxygens (including phenoxy) is 2. The van der Waals surface area contributed by atoms with Crippen LogP contribution in [0.5, 0.6) is 11.5 Å². The van der Waals surface area contributed by atoms with Crippen LogP contribution in [0.1, 0.15) is 58.9 Å². The zero-order chi connectivity index (χ0) is 26.6. The number of halogens is 1. The molecule has 0 radical (unpaired) electrons. The van der Waals surface area contributed by atoms with Gasteiger partial charge in [0.05, 0.1) is 13.0 Å². The van der Waals surface area contributed by atoms with Crippen LogP contribution in [0.4, 0.5) is 4.39 Å². The molecule has 0 aliphatic carbocycles. The van der Waals surface area contributed by atoms with Crippen molar-refractivity contribution in [3.05, 3.63) is 93.7 Å². The number of carbonyl (C=O) groups excluding carboxylic acids is 2. The van der Waals surface area contributed by atoms with Crippen LogP contribution >= 0.6 is 0 Å². The van der Waals surface area contributed by atoms with Gasteiger partial charge in [-0.15, -0.1) is 0 Å². The lowest BCUT2D eigenvalue weighted by Gasteiger charge is -2.27. The van der Waals surface area contributed by atoms with Gasteiger partial charge < -0.3 is 19.8 Å². The third kappa shape index (κ3) is 5.82. The quantitative estimate of drug-likeness (QED) is 0.199. The minimum Gasteiger partial charge on any atom is -0.618 e. The molecule has 1 N–H and O–H groups in total. The van der Waals surface area contributed by atoms with Crippen LogP contribution in [0.2, 0.25) is 0 Å². The molecule has 0 bridgehead atoms. The Kier molecular flexibility index (Phi) is 8.29. The average molecular weight is 496 g/mol. The molecule has 0 fully saturated rings. The molecular weight excluding hydrogens is 465 g/mol. The van der Waals surface area contributed by atoms with E-state index in [2.05, 4.69) is 0 Å². The van der Waals surface area contributed by atoms with Crippen LogP contribution < -0.4 is 9.47 Å². The van der Waals surface area contributed by atoms with Crippen molar-refractivity contribution in [2.24, 2.45) is 5.92 Å². The van der Waals surface area contributed by atoms with Crippen LogP contribution in [0.25, 0.3) is 0 Å². The number of nitrogens with zero attached hydrogens (tertiary/aromatic N) is 1. The van der Waals surface area contributed by atoms with Gasteiger partial charge in [0, 0.05) is 18.4 Å². The van der Waals surface area contributed by atoms with E-state index in [1.165, 1.54) is 26.2 Å². The highest BCUT2D eigenvalue weighted by Crippen LogP contribution is 2.33. The average Bonchev–Trinajstić information content (AvgIpc) is 2.82. The molecule has 3 aromatic rings. The van der Waals surface area contributed by atoms with Gasteiger partial charge in [-0.1, -0.05) is 48.9 Å². The first-order valence-corrected chi connectivity index (χ1v) is 11.6. The summed E-state index contributed by atoms with van der Waals surface area (Å²) in [6.45, 7) is 6.91. The molecule has 190 valence electrons. The maximum Gasteiger partial charge on any atom is 0.309 e. The van der Waals surface area contributed by atoms with E-state index in [4.69, 9.17) is 9.47 Å². The third-order valence-electron chi connectivity index (χ3n) is 6.12. The summed E-state index contributed by atoms with van der Waals surface area (Å²) < 4.78 is 25.9. The van der Waals surface area contributed by atoms with Crippen molar-refractivity contribution in [2.75, 3.05) is 7.11 Å². The number of aromatic hydroxyl groups is 1. The molecule has 0 spiro atoms. The lowest BCUT2D eigenvalue weighted by Crippen LogP contribution is -2.35. The Bertz CT molecular complexity index is 1260. The summed E-state index contributed by atoms with van der Waals surface area (Å²) in [6, 6.07) is 13.7. The summed E-state index contributed by atoms with van der Waals surface area (Å²) in [5.41, 5.74) is 2.46. The van der Waals surface area contributed by atoms with Crippen molar-refractivity contribution >= 4 is 11.8 Å². The molecular formula is C28H30FNO6. The van der Waals surface area contributed by atoms with E-state index in [-0.39, 0.29) is 16.9 Å². The number of esters is 1. The summed E-state index contributed by atoms with van der Waals surface area (Å²) in [7, 11) is 1.29. The number of rotatable bonds is 9. The lowest BCUT2D eigenvalue weighted by molar-refractivity contribution is -0.608. The van der Waals surface area contributed by atoms with Crippen molar-refractivity contribution in [1.29, 1.82) is 0 Å². The maximum atomic E-state index is 15.0. The predicted molar refractivity (Wildman–Crippen MR) is 131 cm³/mol. The number of Topliss-reactive ketones (excluding diaryl/α,β-unsaturated/α-hetero) is 1. The zero-order valence-corrected chi connectivity index (χ0v) is 20.9. The van der Waals surface area contributed by atoms with Gasteiger partial charge in [-0.25, -0.2) is 4.39 Å². The van der Waals surface area contributed by atoms with Gasteiger partial charge in [-0.2, -0.15) is 4.73 Å². The number of ketones is 1. The van der Waals surface area contributed by atoms with Crippen LogP contribution in [0.15, 0.2) is 54.7 Å². The van der Waals surface area contributed by atoms with E-state index in [1.54, 1.807) is 26.0 Å². The minimum absolute atomic E-state index is 0.0321. The predicted octanol–water partition coefficient (Wildman–Crippen LogP) is 4.76. The largest absolute Gasteiger partial charge is 0.618 e. The second-order valence-corrected chi connectivity index (χ2v) is 8.99. The van der Waals surface area contributed by atoms with Gasteiger partial charge >= 0.3 is 11.7 Å². The molecule has 8 heteroatoms. The van der Waals surface area contributed by atoms with E-state index >= 15 is 0 Å². The van der Waals surface area contributed by atoms with E-state index in [1.807, 2.05) is 31.2 Å². The SMILES string of the molecule is COc1cc[n+]([O-])c(C(=O)C[C@@H](C)C(=O)O[C@@H](C)[C@H](c2ccc(C)cc2)c2ccc(C)cc2F)c1O. The molecule has 0 amide bonds. The van der Waals surface area contributed by atoms with Gasteiger partial charge in [0.25, 0.3) is 0 Å². The number of benzene rings is 2. The fraction of sp³-hybridized carbons (Fsp3) is 0.321. The first-order valence-electron chi connectivity index (χ1n) is 11.6. The summed E-state index contributed by atoms with van der Waals surface area (Å²) >= 11 is 0. The van der Waals surface area contributed by atoms with Crippen molar-refractivity contribution < 1.29 is 33.3 Å². The number of hydrogen-bond acceptors (Lipinski definition) is 6. The molecule has 1 aromatic heterocycles. The first kappa shape index (κ1) is 26.7. The molecule has 0 aliphatic rings. The van der Waals surface area contributed by atoms with E-state index in [9.17, 15) is 24.3 Å². The Morgan fingerprint density at radius 2 is 1.69 bits per heavy atom. The van der Waals surface area contributed by atoms with Gasteiger partial charge in [0.15, 0.2) is 11.9 Å². The van der Waals surface area contributed by atoms with Gasteiger partial charge in [-0.05, 0) is 43.5 Å². The number of pyridine rings is 1. The molecule has 0 unspecified atom stereocenters. The summed E-state index contributed by atoms with van der Waals surface area (Å²) in [5, 5.41) is 22.3. The normalized spacial score (nSPS) is 13.5. The van der Waals surface area contributed by atoms with E-state index in [0.29, 0.717) is 5.56 Å². The molecule has 36 heavy (non-hydrogen) atoms. The van der Waals surface area contributed by atoms with E-state index in [0.717, 1.165) is 22.9 Å². The van der Waals surface area contributed by atoms with E-state index < -0.39 is 47.0 Å². The number of aryl methyl sites for hydroxylation is 2. The molecule has 7 nitrogen and oxygen atoms in total. The van der Waals surface area contributed by atoms with Crippen LogP contribution in [-0.2, 0) is 9.53 Å². The number of hydrogen-bond donors (Lipinski definition) is 1. The maximum absolute atomic E-state index is 15.0. The lowest BCUT2D eigenvalue weighted by atomic mass is 9.86. The standard InChI is InChI=1S/C28H30FNO6/c1-16-6-9-20(10-7-16)25(21-11-8-17(2)14-22(21)29)19(4)36-28(33)18(3)15-23(31)26-27(32)24(35-5)12-13-30(26)34/h6-14,18-19,25,32H,15H2,1-5H3/t18-,19+,25-/m1/s1. The Balaban J connectivity index is 1.82. The fourth-order valence-electron chi connectivity index (χ4n) is 4.12. The van der Waals surface area contributed by atoms with Gasteiger partial charge in [0.2, 0.25) is 11.5 Å². The minimum atomic E-state index is -0.924. The van der Waals surface area contributed by atoms with Crippen molar-refractivity contribution in [1.82, 2.24) is 0 Å². The van der Waals surface area contributed by atoms with Crippen LogP contribution in [-0.4, -0.2) is 30.1 Å². The van der Waals surface area contributed by atoms with Crippen molar-refractivity contribution in [3.8, 4) is 11.5 Å². The monoisotopic (exact) mass is 495 g/mol. The summed E-state index contributed by atoms with van der Waals surface area (Å²) in [4.78, 5) is 25.7. The number of aromatic nitrogens is 1. The Morgan fingerprint density at radius 1 is 1.06 bits per heavy atom. The molecule has 2 aromatic carbocycles. The van der Waals surface area contributed by atoms with Gasteiger partial charge in [0.1, 0.15) is 11.9 Å². The Morgan fingerprint density at radius 3 is 2.31 bits per heavy atom. The highest BCUT2D eigenvalue weighted by molar-refractivity contribution is 5.98. The summed E-state index contributed by atoms with van der Waals surface area (Å²) in [5.74, 6) is -3.95. The molecule has 1 heterocycles. The molecule has 0 saturated carbocycles. The van der Waals surface area contributed by atoms with Crippen LogP contribution in [0.3, 0.4) is 0 Å². The molecule has 0 saturated heterocycles. The molecule has 3 rings (SSSR count). The highest BCUT2D eigenvalue weighted by Gasteiger charge is 2.32. The molecule has 0 aliphatic heterocycles. The second-order valence-electron chi connectivity index (χ2n) is 8.99. The first-order chi connectivity index (χ1) is 17.0. The highest BCUT2D eigenvalue weighted by atomic mass is 19.1. The van der Waals surface area contributed by atoms with Gasteiger partial charge in [-0.3, -0.25) is 9.59 Å². The third-order valence-corrected chi connectivity index (χ3v) is 6.12.